The Morgan fingerprint density at radius 3 is 2.57 bits per heavy atom. The van der Waals surface area contributed by atoms with E-state index in [-0.39, 0.29) is 11.6 Å². The molecule has 1 aromatic heterocycles. The van der Waals surface area contributed by atoms with Gasteiger partial charge in [-0.15, -0.1) is 0 Å². The molecule has 2 rings (SSSR count). The van der Waals surface area contributed by atoms with Crippen LogP contribution in [0.15, 0.2) is 42.7 Å². The molecule has 0 spiro atoms. The van der Waals surface area contributed by atoms with Crippen molar-refractivity contribution >= 4 is 23.0 Å². The first-order chi connectivity index (χ1) is 10.0. The molecule has 0 atom stereocenters. The topological polar surface area (TPSA) is 114 Å². The minimum Gasteiger partial charge on any atom is -0.322 e. The number of anilines is 2. The van der Waals surface area contributed by atoms with Gasteiger partial charge in [-0.3, -0.25) is 25.7 Å². The number of nitrogen functional groups attached to an aromatic ring is 1. The number of carbonyl (C=O) groups excluding carboxylic acids is 1. The summed E-state index contributed by atoms with van der Waals surface area (Å²) in [6.07, 6.45) is 2.93. The van der Waals surface area contributed by atoms with Crippen molar-refractivity contribution in [3.8, 4) is 0 Å². The van der Waals surface area contributed by atoms with Crippen molar-refractivity contribution in [1.82, 2.24) is 4.98 Å². The Morgan fingerprint density at radius 1 is 1.33 bits per heavy atom. The molecule has 3 N–H and O–H groups in total. The second-order valence-electron chi connectivity index (χ2n) is 4.20. The normalized spacial score (nSPS) is 10.0. The molecule has 0 radical (unpaired) electrons. The van der Waals surface area contributed by atoms with Crippen LogP contribution in [0.5, 0.6) is 0 Å². The van der Waals surface area contributed by atoms with Crippen LogP contribution in [0.2, 0.25) is 0 Å². The van der Waals surface area contributed by atoms with E-state index in [1.54, 1.807) is 13.1 Å². The summed E-state index contributed by atoms with van der Waals surface area (Å²) in [5, 5.41) is 10.6. The zero-order chi connectivity index (χ0) is 15.4. The van der Waals surface area contributed by atoms with E-state index in [4.69, 9.17) is 5.84 Å². The quantitative estimate of drug-likeness (QED) is 0.501. The highest BCUT2D eigenvalue weighted by Gasteiger charge is 2.17. The zero-order valence-electron chi connectivity index (χ0n) is 11.2. The van der Waals surface area contributed by atoms with Crippen molar-refractivity contribution in [2.24, 2.45) is 5.84 Å². The molecule has 0 saturated carbocycles. The van der Waals surface area contributed by atoms with Crippen molar-refractivity contribution < 1.29 is 9.72 Å². The minimum atomic E-state index is -0.495. The molecule has 1 heterocycles. The van der Waals surface area contributed by atoms with Crippen molar-refractivity contribution in [3.63, 3.8) is 0 Å². The van der Waals surface area contributed by atoms with Crippen LogP contribution < -0.4 is 16.2 Å². The van der Waals surface area contributed by atoms with Gasteiger partial charge >= 0.3 is 0 Å². The lowest BCUT2D eigenvalue weighted by Gasteiger charge is -2.18. The maximum Gasteiger partial charge on any atom is 0.269 e. The number of non-ortho nitro benzene ring substituents is 1. The predicted molar refractivity (Wildman–Crippen MR) is 77.9 cm³/mol. The van der Waals surface area contributed by atoms with Gasteiger partial charge in [0, 0.05) is 31.1 Å². The molecule has 0 aliphatic rings. The third kappa shape index (κ3) is 2.95. The molecule has 0 aliphatic carbocycles. The van der Waals surface area contributed by atoms with Gasteiger partial charge in [-0.1, -0.05) is 0 Å². The molecule has 0 saturated heterocycles. The number of nitro benzene ring substituents is 1. The molecule has 2 aromatic rings. The number of pyridine rings is 1. The highest BCUT2D eigenvalue weighted by Crippen LogP contribution is 2.22. The smallest absolute Gasteiger partial charge is 0.269 e. The zero-order valence-corrected chi connectivity index (χ0v) is 11.2. The summed E-state index contributed by atoms with van der Waals surface area (Å²) < 4.78 is 0. The Labute approximate surface area is 120 Å². The predicted octanol–water partition coefficient (Wildman–Crippen LogP) is 1.55. The number of hydrogen-bond acceptors (Lipinski definition) is 6. The summed E-state index contributed by atoms with van der Waals surface area (Å²) >= 11 is 0. The summed E-state index contributed by atoms with van der Waals surface area (Å²) in [6, 6.07) is 7.24. The van der Waals surface area contributed by atoms with Crippen molar-refractivity contribution in [3.05, 3.63) is 58.4 Å². The van der Waals surface area contributed by atoms with E-state index >= 15 is 0 Å². The van der Waals surface area contributed by atoms with Crippen LogP contribution in [0.25, 0.3) is 0 Å². The number of benzene rings is 1. The number of nitrogens with one attached hydrogen (secondary N) is 1. The van der Waals surface area contributed by atoms with Crippen LogP contribution in [0.4, 0.5) is 17.1 Å². The first-order valence-corrected chi connectivity index (χ1v) is 5.97. The van der Waals surface area contributed by atoms with Gasteiger partial charge in [0.05, 0.1) is 22.4 Å². The first kappa shape index (κ1) is 14.4. The average Bonchev–Trinajstić information content (AvgIpc) is 2.53. The number of nitrogens with two attached hydrogens (primary N) is 1. The lowest BCUT2D eigenvalue weighted by molar-refractivity contribution is -0.384. The fourth-order valence-electron chi connectivity index (χ4n) is 1.79. The second kappa shape index (κ2) is 5.97. The maximum absolute atomic E-state index is 12.4. The van der Waals surface area contributed by atoms with E-state index in [1.165, 1.54) is 41.6 Å². The lowest BCUT2D eigenvalue weighted by atomic mass is 10.2. The van der Waals surface area contributed by atoms with Gasteiger partial charge in [-0.05, 0) is 18.2 Å². The Balaban J connectivity index is 2.28. The summed E-state index contributed by atoms with van der Waals surface area (Å²) in [5.41, 5.74) is 3.66. The number of aromatic nitrogens is 1. The highest BCUT2D eigenvalue weighted by molar-refractivity contribution is 6.09. The van der Waals surface area contributed by atoms with Crippen LogP contribution in [0, 0.1) is 10.1 Å². The second-order valence-corrected chi connectivity index (χ2v) is 4.20. The van der Waals surface area contributed by atoms with Gasteiger partial charge in [-0.25, -0.2) is 0 Å². The Bertz CT molecular complexity index is 672. The Kier molecular flexibility index (Phi) is 4.10. The molecule has 8 nitrogen and oxygen atoms in total. The monoisotopic (exact) mass is 287 g/mol. The fraction of sp³-hybridized carbons (Fsp3) is 0.0769. The fourth-order valence-corrected chi connectivity index (χ4v) is 1.79. The molecular weight excluding hydrogens is 274 g/mol. The van der Waals surface area contributed by atoms with Crippen LogP contribution >= 0.6 is 0 Å². The Morgan fingerprint density at radius 2 is 2.00 bits per heavy atom. The van der Waals surface area contributed by atoms with E-state index in [9.17, 15) is 14.9 Å². The highest BCUT2D eigenvalue weighted by atomic mass is 16.6. The number of amides is 1. The first-order valence-electron chi connectivity index (χ1n) is 5.97. The van der Waals surface area contributed by atoms with Crippen molar-refractivity contribution in [2.45, 2.75) is 0 Å². The summed E-state index contributed by atoms with van der Waals surface area (Å²) in [5.74, 6) is 5.04. The molecule has 21 heavy (non-hydrogen) atoms. The average molecular weight is 287 g/mol. The van der Waals surface area contributed by atoms with E-state index in [0.29, 0.717) is 16.9 Å². The van der Waals surface area contributed by atoms with E-state index in [2.05, 4.69) is 10.4 Å². The molecule has 1 aromatic carbocycles. The Hall–Kier alpha value is -3.00. The van der Waals surface area contributed by atoms with Gasteiger partial charge in [0.2, 0.25) is 0 Å². The van der Waals surface area contributed by atoms with E-state index < -0.39 is 4.92 Å². The van der Waals surface area contributed by atoms with E-state index in [0.717, 1.165) is 0 Å². The van der Waals surface area contributed by atoms with Gasteiger partial charge in [0.1, 0.15) is 0 Å². The third-order valence-corrected chi connectivity index (χ3v) is 2.96. The van der Waals surface area contributed by atoms with Gasteiger partial charge in [0.15, 0.2) is 0 Å². The summed E-state index contributed by atoms with van der Waals surface area (Å²) in [6.45, 7) is 0. The van der Waals surface area contributed by atoms with Gasteiger partial charge in [0.25, 0.3) is 11.6 Å². The standard InChI is InChI=1S/C13H13N5O3/c1-17(9-2-4-10(5-3-9)18(20)21)13(19)11-6-7-15-8-12(11)16-14/h2-8,16H,14H2,1H3. The number of nitro groups is 1. The minimum absolute atomic E-state index is 0.0344. The summed E-state index contributed by atoms with van der Waals surface area (Å²) in [4.78, 5) is 27.8. The van der Waals surface area contributed by atoms with Gasteiger partial charge in [-0.2, -0.15) is 0 Å². The SMILES string of the molecule is CN(C(=O)c1ccncc1NN)c1ccc([N+](=O)[O-])cc1. The lowest BCUT2D eigenvalue weighted by Crippen LogP contribution is -2.27. The maximum atomic E-state index is 12.4. The largest absolute Gasteiger partial charge is 0.322 e. The third-order valence-electron chi connectivity index (χ3n) is 2.96. The number of nitrogens with zero attached hydrogens (tertiary/aromatic N) is 3. The molecule has 0 fully saturated rings. The van der Waals surface area contributed by atoms with Crippen LogP contribution in [-0.4, -0.2) is 22.9 Å². The number of rotatable bonds is 4. The number of hydrazine groups is 1. The molecule has 108 valence electrons. The van der Waals surface area contributed by atoms with Crippen molar-refractivity contribution in [1.29, 1.82) is 0 Å². The van der Waals surface area contributed by atoms with Gasteiger partial charge < -0.3 is 10.3 Å². The van der Waals surface area contributed by atoms with Crippen LogP contribution in [-0.2, 0) is 0 Å². The van der Waals surface area contributed by atoms with Crippen LogP contribution in [0.3, 0.4) is 0 Å². The molecular formula is C13H13N5O3. The van der Waals surface area contributed by atoms with Crippen molar-refractivity contribution in [2.75, 3.05) is 17.4 Å². The van der Waals surface area contributed by atoms with E-state index in [1.807, 2.05) is 0 Å². The molecule has 0 aliphatic heterocycles. The molecule has 1 amide bonds. The van der Waals surface area contributed by atoms with Crippen LogP contribution in [0.1, 0.15) is 10.4 Å². The molecule has 0 unspecified atom stereocenters. The number of hydrogen-bond donors (Lipinski definition) is 2. The number of carbonyl (C=O) groups is 1. The summed E-state index contributed by atoms with van der Waals surface area (Å²) in [7, 11) is 1.57. The molecule has 0 bridgehead atoms. The molecule has 8 heteroatoms.